The molecule has 1 aliphatic rings. The molecule has 1 saturated carbocycles. The van der Waals surface area contributed by atoms with Gasteiger partial charge < -0.3 is 15.0 Å². The average Bonchev–Trinajstić information content (AvgIpc) is 3.29. The Morgan fingerprint density at radius 2 is 2.00 bits per heavy atom. The molecule has 1 heterocycles. The van der Waals surface area contributed by atoms with Crippen molar-refractivity contribution in [1.82, 2.24) is 14.9 Å². The zero-order valence-corrected chi connectivity index (χ0v) is 19.9. The summed E-state index contributed by atoms with van der Waals surface area (Å²) in [4.78, 5) is 23.3. The van der Waals surface area contributed by atoms with Crippen molar-refractivity contribution in [2.45, 2.75) is 31.8 Å². The molecule has 4 rings (SSSR count). The number of hydrogen-bond acceptors (Lipinski definition) is 6. The summed E-state index contributed by atoms with van der Waals surface area (Å²) in [6.07, 6.45) is 7.84. The highest BCUT2D eigenvalue weighted by atomic mass is 35.5. The normalized spacial score (nSPS) is 14.3. The number of benzene rings is 2. The third-order valence-corrected chi connectivity index (χ3v) is 5.72. The van der Waals surface area contributed by atoms with E-state index in [0.717, 1.165) is 24.0 Å². The highest BCUT2D eigenvalue weighted by Gasteiger charge is 2.18. The fourth-order valence-electron chi connectivity index (χ4n) is 3.77. The lowest BCUT2D eigenvalue weighted by Gasteiger charge is -2.15. The number of fused-ring (bicyclic) bond motifs is 1. The van der Waals surface area contributed by atoms with E-state index in [1.54, 1.807) is 12.1 Å². The third-order valence-electron chi connectivity index (χ3n) is 5.43. The second-order valence-corrected chi connectivity index (χ2v) is 8.91. The van der Waals surface area contributed by atoms with E-state index in [4.69, 9.17) is 16.3 Å². The quantitative estimate of drug-likeness (QED) is 0.409. The molecule has 0 spiro atoms. The molecule has 2 aromatic carbocycles. The molecule has 7 nitrogen and oxygen atoms in total. The first-order chi connectivity index (χ1) is 16.4. The Hall–Kier alpha value is -3.23. The van der Waals surface area contributed by atoms with Crippen LogP contribution in [-0.4, -0.2) is 47.5 Å². The molecule has 0 radical (unpaired) electrons. The van der Waals surface area contributed by atoms with Crippen molar-refractivity contribution in [2.24, 2.45) is 0 Å². The van der Waals surface area contributed by atoms with E-state index < -0.39 is 5.82 Å². The maximum atomic E-state index is 13.6. The van der Waals surface area contributed by atoms with E-state index >= 15 is 0 Å². The summed E-state index contributed by atoms with van der Waals surface area (Å²) in [5.74, 6) is 0.465. The molecule has 3 aromatic rings. The van der Waals surface area contributed by atoms with Crippen molar-refractivity contribution in [3.05, 3.63) is 59.4 Å². The maximum Gasteiger partial charge on any atom is 0.250 e. The molecule has 0 atom stereocenters. The number of carbonyl (C=O) groups excluding carboxylic acids is 1. The van der Waals surface area contributed by atoms with Gasteiger partial charge >= 0.3 is 0 Å². The number of nitrogens with one attached hydrogen (secondary N) is 2. The van der Waals surface area contributed by atoms with Crippen molar-refractivity contribution in [1.29, 1.82) is 0 Å². The summed E-state index contributed by atoms with van der Waals surface area (Å²) < 4.78 is 19.7. The molecule has 1 aromatic heterocycles. The van der Waals surface area contributed by atoms with Gasteiger partial charge in [-0.25, -0.2) is 9.37 Å². The lowest BCUT2D eigenvalue weighted by atomic mass is 10.2. The van der Waals surface area contributed by atoms with Gasteiger partial charge in [0.25, 0.3) is 0 Å². The van der Waals surface area contributed by atoms with Gasteiger partial charge in [-0.2, -0.15) is 4.98 Å². The third kappa shape index (κ3) is 6.21. The molecule has 0 saturated heterocycles. The lowest BCUT2D eigenvalue weighted by Crippen LogP contribution is -2.14. The fourth-order valence-corrected chi connectivity index (χ4v) is 3.95. The van der Waals surface area contributed by atoms with Crippen molar-refractivity contribution in [2.75, 3.05) is 31.3 Å². The predicted molar refractivity (Wildman–Crippen MR) is 133 cm³/mol. The molecule has 1 aliphatic carbocycles. The second-order valence-electron chi connectivity index (χ2n) is 8.51. The van der Waals surface area contributed by atoms with Gasteiger partial charge in [0.15, 0.2) is 0 Å². The van der Waals surface area contributed by atoms with Crippen LogP contribution < -0.4 is 15.4 Å². The average molecular weight is 484 g/mol. The Kier molecular flexibility index (Phi) is 7.59. The zero-order chi connectivity index (χ0) is 24.1. The first-order valence-corrected chi connectivity index (χ1v) is 11.6. The van der Waals surface area contributed by atoms with Crippen molar-refractivity contribution in [3.63, 3.8) is 0 Å². The number of likely N-dealkylation sites (N-methyl/N-ethyl adjacent to an activating group) is 1. The monoisotopic (exact) mass is 483 g/mol. The number of carbonyl (C=O) groups is 1. The highest BCUT2D eigenvalue weighted by molar-refractivity contribution is 6.31. The van der Waals surface area contributed by atoms with Crippen molar-refractivity contribution >= 4 is 45.9 Å². The largest absolute Gasteiger partial charge is 0.490 e. The van der Waals surface area contributed by atoms with E-state index in [-0.39, 0.29) is 23.0 Å². The summed E-state index contributed by atoms with van der Waals surface area (Å²) in [6, 6.07) is 9.92. The molecule has 1 amide bonds. The van der Waals surface area contributed by atoms with Gasteiger partial charge in [-0.15, -0.1) is 0 Å². The van der Waals surface area contributed by atoms with Gasteiger partial charge in [0.2, 0.25) is 11.9 Å². The van der Waals surface area contributed by atoms with Crippen LogP contribution in [0.15, 0.2) is 48.6 Å². The van der Waals surface area contributed by atoms with Crippen LogP contribution in [0.4, 0.5) is 21.8 Å². The first kappa shape index (κ1) is 23.9. The Labute approximate surface area is 203 Å². The van der Waals surface area contributed by atoms with E-state index in [0.29, 0.717) is 23.6 Å². The summed E-state index contributed by atoms with van der Waals surface area (Å²) in [5, 5.41) is 6.59. The molecule has 178 valence electrons. The van der Waals surface area contributed by atoms with Gasteiger partial charge in [-0.05, 0) is 70.1 Å². The molecule has 34 heavy (non-hydrogen) atoms. The molecule has 0 aliphatic heterocycles. The molecule has 0 unspecified atom stereocenters. The van der Waals surface area contributed by atoms with Crippen LogP contribution in [0, 0.1) is 5.82 Å². The standard InChI is InChI=1S/C25H27ClFN5O2/c1-32(2)13-5-8-23(33)30-25-29-22-15-18(34-17-6-3-4-7-17)10-11-19(22)24(31-25)28-16-9-12-21(27)20(26)14-16/h5,8-12,14-15,17H,3-4,6-7,13H2,1-2H3,(H2,28,29,30,31,33). The minimum atomic E-state index is -0.508. The number of anilines is 3. The van der Waals surface area contributed by atoms with Gasteiger partial charge in [-0.3, -0.25) is 10.1 Å². The summed E-state index contributed by atoms with van der Waals surface area (Å²) >= 11 is 5.94. The predicted octanol–water partition coefficient (Wildman–Crippen LogP) is 5.54. The molecule has 2 N–H and O–H groups in total. The Morgan fingerprint density at radius 1 is 1.21 bits per heavy atom. The summed E-state index contributed by atoms with van der Waals surface area (Å²) in [5.41, 5.74) is 1.16. The fraction of sp³-hybridized carbons (Fsp3) is 0.320. The number of aromatic nitrogens is 2. The van der Waals surface area contributed by atoms with Crippen LogP contribution in [0.3, 0.4) is 0 Å². The number of nitrogens with zero attached hydrogens (tertiary/aromatic N) is 3. The number of halogens is 2. The van der Waals surface area contributed by atoms with E-state index in [1.165, 1.54) is 31.1 Å². The highest BCUT2D eigenvalue weighted by Crippen LogP contribution is 2.31. The van der Waals surface area contributed by atoms with Crippen LogP contribution in [-0.2, 0) is 4.79 Å². The van der Waals surface area contributed by atoms with Crippen LogP contribution in [0.2, 0.25) is 5.02 Å². The maximum absolute atomic E-state index is 13.6. The Morgan fingerprint density at radius 3 is 2.74 bits per heavy atom. The van der Waals surface area contributed by atoms with E-state index in [1.807, 2.05) is 37.2 Å². The van der Waals surface area contributed by atoms with E-state index in [9.17, 15) is 9.18 Å². The van der Waals surface area contributed by atoms with Crippen LogP contribution in [0.25, 0.3) is 10.9 Å². The van der Waals surface area contributed by atoms with Gasteiger partial charge in [0, 0.05) is 29.8 Å². The lowest BCUT2D eigenvalue weighted by molar-refractivity contribution is -0.112. The molecule has 9 heteroatoms. The zero-order valence-electron chi connectivity index (χ0n) is 19.1. The van der Waals surface area contributed by atoms with E-state index in [2.05, 4.69) is 20.6 Å². The number of amides is 1. The van der Waals surface area contributed by atoms with Crippen LogP contribution >= 0.6 is 11.6 Å². The number of ether oxygens (including phenoxy) is 1. The molecule has 0 bridgehead atoms. The van der Waals surface area contributed by atoms with Crippen LogP contribution in [0.1, 0.15) is 25.7 Å². The minimum Gasteiger partial charge on any atom is -0.490 e. The topological polar surface area (TPSA) is 79.4 Å². The Bertz CT molecular complexity index is 1210. The SMILES string of the molecule is CN(C)CC=CC(=O)Nc1nc(Nc2ccc(F)c(Cl)c2)c2ccc(OC3CCCC3)cc2n1. The minimum absolute atomic E-state index is 0.00447. The Balaban J connectivity index is 1.65. The van der Waals surface area contributed by atoms with Crippen molar-refractivity contribution < 1.29 is 13.9 Å². The first-order valence-electron chi connectivity index (χ1n) is 11.2. The van der Waals surface area contributed by atoms with Gasteiger partial charge in [-0.1, -0.05) is 17.7 Å². The molecular formula is C25H27ClFN5O2. The number of hydrogen-bond donors (Lipinski definition) is 2. The summed E-state index contributed by atoms with van der Waals surface area (Å²) in [6.45, 7) is 0.631. The van der Waals surface area contributed by atoms with Gasteiger partial charge in [0.05, 0.1) is 16.6 Å². The second kappa shape index (κ2) is 10.8. The van der Waals surface area contributed by atoms with Crippen molar-refractivity contribution in [3.8, 4) is 5.75 Å². The smallest absolute Gasteiger partial charge is 0.250 e. The summed E-state index contributed by atoms with van der Waals surface area (Å²) in [7, 11) is 3.83. The molecular weight excluding hydrogens is 457 g/mol. The van der Waals surface area contributed by atoms with Gasteiger partial charge in [0.1, 0.15) is 17.4 Å². The number of rotatable bonds is 8. The van der Waals surface area contributed by atoms with Crippen LogP contribution in [0.5, 0.6) is 5.75 Å². The molecule has 1 fully saturated rings.